The molecule has 0 saturated heterocycles. The molecule has 0 fully saturated rings. The summed E-state index contributed by atoms with van der Waals surface area (Å²) in [6.07, 6.45) is 7.41. The van der Waals surface area contributed by atoms with E-state index in [0.29, 0.717) is 6.61 Å². The van der Waals surface area contributed by atoms with Gasteiger partial charge >= 0.3 is 0 Å². The molecule has 0 atom stereocenters. The van der Waals surface area contributed by atoms with E-state index in [4.69, 9.17) is 9.72 Å². The van der Waals surface area contributed by atoms with Crippen LogP contribution in [0.5, 0.6) is 0 Å². The molecule has 30 heavy (non-hydrogen) atoms. The summed E-state index contributed by atoms with van der Waals surface area (Å²) in [5.41, 5.74) is 3.14. The molecule has 0 aromatic carbocycles. The Balaban J connectivity index is 0.00000124. The topological polar surface area (TPSA) is 71.9 Å². The van der Waals surface area contributed by atoms with E-state index in [0.717, 1.165) is 53.5 Å². The molecule has 0 aliphatic rings. The van der Waals surface area contributed by atoms with Gasteiger partial charge in [-0.25, -0.2) is 4.98 Å². The largest absolute Gasteiger partial charge is 0.380 e. The van der Waals surface area contributed by atoms with Gasteiger partial charge in [0.05, 0.1) is 12.8 Å². The Labute approximate surface area is 177 Å². The lowest BCUT2D eigenvalue weighted by Crippen LogP contribution is -2.28. The number of H-pyrrole nitrogens is 1. The number of likely N-dealkylation sites (N-methyl/N-ethyl adjacent to an activating group) is 1. The number of fused-ring (bicyclic) bond motifs is 1. The van der Waals surface area contributed by atoms with E-state index in [2.05, 4.69) is 39.1 Å². The Bertz CT molecular complexity index is 1030. The van der Waals surface area contributed by atoms with Crippen LogP contribution in [-0.2, 0) is 4.74 Å². The zero-order valence-electron chi connectivity index (χ0n) is 18.2. The number of nitrogens with one attached hydrogen (secondary N) is 1. The average Bonchev–Trinajstić information content (AvgIpc) is 3.48. The van der Waals surface area contributed by atoms with Gasteiger partial charge in [-0.05, 0) is 49.2 Å². The van der Waals surface area contributed by atoms with Crippen molar-refractivity contribution in [2.45, 2.75) is 27.7 Å². The number of aromatic amines is 1. The normalized spacial score (nSPS) is 10.7. The molecule has 4 heterocycles. The highest BCUT2D eigenvalue weighted by atomic mass is 16.5. The minimum atomic E-state index is 0.677. The van der Waals surface area contributed by atoms with E-state index >= 15 is 0 Å². The summed E-state index contributed by atoms with van der Waals surface area (Å²) in [7, 11) is 0. The van der Waals surface area contributed by atoms with Crippen LogP contribution in [0, 0.1) is 0 Å². The van der Waals surface area contributed by atoms with E-state index < -0.39 is 0 Å². The molecule has 0 unspecified atom stereocenters. The van der Waals surface area contributed by atoms with Gasteiger partial charge in [-0.3, -0.25) is 14.6 Å². The number of ether oxygens (including phenoxy) is 1. The Hall–Kier alpha value is -3.19. The van der Waals surface area contributed by atoms with E-state index in [1.807, 2.05) is 62.1 Å². The standard InChI is InChI=1S/C21H24N6O.C2H6/c1-3-26(13-14-28-4-2)20-15-18(16-5-9-22-10-6-16)17-8-12-27(21(17)24-20)19-7-11-23-25-19;1-2/h5-12,15H,3-4,13-14H2,1-2H3,(H,23,25);1-2H3. The lowest BCUT2D eigenvalue weighted by atomic mass is 10.0. The molecular weight excluding hydrogens is 376 g/mol. The second-order valence-electron chi connectivity index (χ2n) is 6.41. The summed E-state index contributed by atoms with van der Waals surface area (Å²) in [6, 6.07) is 10.3. The first-order valence-corrected chi connectivity index (χ1v) is 10.6. The fourth-order valence-corrected chi connectivity index (χ4v) is 3.36. The van der Waals surface area contributed by atoms with Gasteiger partial charge in [0.25, 0.3) is 0 Å². The van der Waals surface area contributed by atoms with Crippen LogP contribution in [0.25, 0.3) is 28.0 Å². The van der Waals surface area contributed by atoms with Crippen LogP contribution in [-0.4, -0.2) is 51.0 Å². The third-order valence-corrected chi connectivity index (χ3v) is 4.80. The van der Waals surface area contributed by atoms with Crippen LogP contribution in [0.4, 0.5) is 5.82 Å². The molecule has 0 saturated carbocycles. The molecule has 158 valence electrons. The molecule has 0 radical (unpaired) electrons. The maximum Gasteiger partial charge on any atom is 0.148 e. The van der Waals surface area contributed by atoms with Crippen LogP contribution in [0.15, 0.2) is 55.1 Å². The summed E-state index contributed by atoms with van der Waals surface area (Å²) in [4.78, 5) is 11.4. The number of nitrogens with zero attached hydrogens (tertiary/aromatic N) is 5. The maximum atomic E-state index is 5.56. The van der Waals surface area contributed by atoms with Crippen molar-refractivity contribution in [3.63, 3.8) is 0 Å². The van der Waals surface area contributed by atoms with Gasteiger partial charge in [-0.2, -0.15) is 5.10 Å². The van der Waals surface area contributed by atoms with Crippen LogP contribution >= 0.6 is 0 Å². The highest BCUT2D eigenvalue weighted by Crippen LogP contribution is 2.32. The highest BCUT2D eigenvalue weighted by Gasteiger charge is 2.16. The van der Waals surface area contributed by atoms with Crippen molar-refractivity contribution in [1.82, 2.24) is 24.7 Å². The van der Waals surface area contributed by atoms with Crippen LogP contribution in [0.3, 0.4) is 0 Å². The summed E-state index contributed by atoms with van der Waals surface area (Å²) in [5.74, 6) is 1.82. The van der Waals surface area contributed by atoms with Crippen molar-refractivity contribution < 1.29 is 4.74 Å². The minimum Gasteiger partial charge on any atom is -0.380 e. The number of hydrogen-bond acceptors (Lipinski definition) is 5. The molecule has 1 N–H and O–H groups in total. The second-order valence-corrected chi connectivity index (χ2v) is 6.41. The van der Waals surface area contributed by atoms with Gasteiger partial charge in [0.15, 0.2) is 0 Å². The zero-order valence-corrected chi connectivity index (χ0v) is 18.2. The maximum absolute atomic E-state index is 5.56. The van der Waals surface area contributed by atoms with Crippen LogP contribution in [0.2, 0.25) is 0 Å². The van der Waals surface area contributed by atoms with Gasteiger partial charge in [0.2, 0.25) is 0 Å². The monoisotopic (exact) mass is 406 g/mol. The molecule has 7 nitrogen and oxygen atoms in total. The Kier molecular flexibility index (Phi) is 7.57. The van der Waals surface area contributed by atoms with Crippen molar-refractivity contribution >= 4 is 16.9 Å². The molecular formula is C23H30N6O. The van der Waals surface area contributed by atoms with Gasteiger partial charge in [0, 0.05) is 49.7 Å². The fraction of sp³-hybridized carbons (Fsp3) is 0.348. The third kappa shape index (κ3) is 4.52. The molecule has 0 bridgehead atoms. The second kappa shape index (κ2) is 10.5. The van der Waals surface area contributed by atoms with E-state index in [9.17, 15) is 0 Å². The predicted molar refractivity (Wildman–Crippen MR) is 122 cm³/mol. The van der Waals surface area contributed by atoms with Gasteiger partial charge < -0.3 is 9.64 Å². The molecule has 7 heteroatoms. The highest BCUT2D eigenvalue weighted by molar-refractivity contribution is 5.95. The number of rotatable bonds is 8. The van der Waals surface area contributed by atoms with Crippen LogP contribution < -0.4 is 4.90 Å². The van der Waals surface area contributed by atoms with Gasteiger partial charge in [0.1, 0.15) is 17.3 Å². The Morgan fingerprint density at radius 2 is 1.87 bits per heavy atom. The summed E-state index contributed by atoms with van der Waals surface area (Å²) in [5, 5.41) is 8.19. The lowest BCUT2D eigenvalue weighted by molar-refractivity contribution is 0.154. The lowest BCUT2D eigenvalue weighted by Gasteiger charge is -2.23. The van der Waals surface area contributed by atoms with Crippen molar-refractivity contribution in [2.24, 2.45) is 0 Å². The van der Waals surface area contributed by atoms with Gasteiger partial charge in [-0.15, -0.1) is 0 Å². The smallest absolute Gasteiger partial charge is 0.148 e. The zero-order chi connectivity index (χ0) is 21.3. The van der Waals surface area contributed by atoms with E-state index in [1.165, 1.54) is 0 Å². The first-order chi connectivity index (χ1) is 14.8. The Morgan fingerprint density at radius 3 is 2.53 bits per heavy atom. The first-order valence-electron chi connectivity index (χ1n) is 10.6. The molecule has 4 rings (SSSR count). The first kappa shape index (κ1) is 21.5. The molecule has 4 aromatic rings. The van der Waals surface area contributed by atoms with E-state index in [1.54, 1.807) is 6.20 Å². The molecule has 0 aliphatic carbocycles. The summed E-state index contributed by atoms with van der Waals surface area (Å²) >= 11 is 0. The SMILES string of the molecule is CC.CCOCCN(CC)c1cc(-c2ccncc2)c2ccn(-c3ccn[nH]3)c2n1. The minimum absolute atomic E-state index is 0.677. The van der Waals surface area contributed by atoms with Crippen LogP contribution in [0.1, 0.15) is 27.7 Å². The summed E-state index contributed by atoms with van der Waals surface area (Å²) < 4.78 is 7.60. The number of pyridine rings is 2. The van der Waals surface area contributed by atoms with Crippen molar-refractivity contribution in [3.8, 4) is 16.9 Å². The number of hydrogen-bond donors (Lipinski definition) is 1. The molecule has 0 aliphatic heterocycles. The fourth-order valence-electron chi connectivity index (χ4n) is 3.36. The summed E-state index contributed by atoms with van der Waals surface area (Å²) in [6.45, 7) is 11.2. The number of aromatic nitrogens is 5. The van der Waals surface area contributed by atoms with Crippen molar-refractivity contribution in [1.29, 1.82) is 0 Å². The molecule has 4 aromatic heterocycles. The number of anilines is 1. The quantitative estimate of drug-likeness (QED) is 0.430. The third-order valence-electron chi connectivity index (χ3n) is 4.80. The average molecular weight is 407 g/mol. The van der Waals surface area contributed by atoms with E-state index in [-0.39, 0.29) is 0 Å². The van der Waals surface area contributed by atoms with Crippen molar-refractivity contribution in [3.05, 3.63) is 55.1 Å². The molecule has 0 spiro atoms. The van der Waals surface area contributed by atoms with Crippen molar-refractivity contribution in [2.75, 3.05) is 31.2 Å². The van der Waals surface area contributed by atoms with Gasteiger partial charge in [-0.1, -0.05) is 13.8 Å². The Morgan fingerprint density at radius 1 is 1.07 bits per heavy atom. The predicted octanol–water partition coefficient (Wildman–Crippen LogP) is 4.70. The molecule has 0 amide bonds.